The summed E-state index contributed by atoms with van der Waals surface area (Å²) in [5.74, 6) is -0.499. The smallest absolute Gasteiger partial charge is 0.338 e. The Morgan fingerprint density at radius 3 is 2.36 bits per heavy atom. The Morgan fingerprint density at radius 2 is 1.80 bits per heavy atom. The molecule has 0 aromatic heterocycles. The zero-order chi connectivity index (χ0) is 18.2. The molecule has 1 aromatic carbocycles. The van der Waals surface area contributed by atoms with E-state index < -0.39 is 0 Å². The minimum Gasteiger partial charge on any atom is -0.462 e. The maximum atomic E-state index is 12.1. The molecule has 1 aromatic rings. The predicted molar refractivity (Wildman–Crippen MR) is 95.3 cm³/mol. The Hall–Kier alpha value is -2.37. The van der Waals surface area contributed by atoms with Crippen molar-refractivity contribution < 1.29 is 19.1 Å². The van der Waals surface area contributed by atoms with Crippen LogP contribution in [0.4, 0.5) is 5.69 Å². The zero-order valence-electron chi connectivity index (χ0n) is 14.9. The van der Waals surface area contributed by atoms with Gasteiger partial charge in [-0.1, -0.05) is 12.8 Å². The van der Waals surface area contributed by atoms with Crippen LogP contribution in [0.2, 0.25) is 0 Å². The number of carbonyl (C=O) groups excluding carboxylic acids is 3. The maximum absolute atomic E-state index is 12.1. The number of nitrogens with zero attached hydrogens (tertiary/aromatic N) is 1. The molecule has 6 nitrogen and oxygen atoms in total. The van der Waals surface area contributed by atoms with Crippen molar-refractivity contribution in [1.29, 1.82) is 0 Å². The van der Waals surface area contributed by atoms with Crippen LogP contribution in [0.25, 0.3) is 0 Å². The molecule has 2 rings (SSSR count). The summed E-state index contributed by atoms with van der Waals surface area (Å²) in [6, 6.07) is 6.85. The minimum atomic E-state index is -0.381. The maximum Gasteiger partial charge on any atom is 0.338 e. The fraction of sp³-hybridized carbons (Fsp3) is 0.526. The zero-order valence-corrected chi connectivity index (χ0v) is 14.9. The van der Waals surface area contributed by atoms with E-state index in [-0.39, 0.29) is 30.2 Å². The Kier molecular flexibility index (Phi) is 6.98. The third-order valence-electron chi connectivity index (χ3n) is 4.43. The van der Waals surface area contributed by atoms with Gasteiger partial charge in [0.2, 0.25) is 11.8 Å². The van der Waals surface area contributed by atoms with Gasteiger partial charge >= 0.3 is 5.97 Å². The number of ether oxygens (including phenoxy) is 1. The molecule has 136 valence electrons. The van der Waals surface area contributed by atoms with Crippen molar-refractivity contribution in [3.05, 3.63) is 29.8 Å². The molecular formula is C19H26N2O4. The van der Waals surface area contributed by atoms with Gasteiger partial charge in [-0.25, -0.2) is 4.79 Å². The van der Waals surface area contributed by atoms with Gasteiger partial charge in [-0.2, -0.15) is 0 Å². The number of esters is 1. The lowest BCUT2D eigenvalue weighted by molar-refractivity contribution is -0.131. The van der Waals surface area contributed by atoms with Crippen molar-refractivity contribution in [2.75, 3.05) is 18.5 Å². The summed E-state index contributed by atoms with van der Waals surface area (Å²) in [5, 5.41) is 2.80. The summed E-state index contributed by atoms with van der Waals surface area (Å²) in [6.07, 6.45) is 4.60. The summed E-state index contributed by atoms with van der Waals surface area (Å²) in [7, 11) is 0. The lowest BCUT2D eigenvalue weighted by Gasteiger charge is -2.27. The van der Waals surface area contributed by atoms with Crippen LogP contribution in [-0.4, -0.2) is 41.9 Å². The highest BCUT2D eigenvalue weighted by Gasteiger charge is 2.24. The minimum absolute atomic E-state index is 0.0264. The highest BCUT2D eigenvalue weighted by atomic mass is 16.5. The molecule has 0 heterocycles. The standard InChI is InChI=1S/C19H26N2O4/c1-3-25-19(24)15-8-10-16(11-9-15)20-18(23)12-13-21(14(2)22)17-6-4-5-7-17/h8-11,17H,3-7,12-13H2,1-2H3,(H,20,23). The first-order valence-electron chi connectivity index (χ1n) is 8.85. The van der Waals surface area contributed by atoms with Gasteiger partial charge in [0.1, 0.15) is 0 Å². The largest absolute Gasteiger partial charge is 0.462 e. The second kappa shape index (κ2) is 9.20. The van der Waals surface area contributed by atoms with Gasteiger partial charge in [-0.05, 0) is 44.0 Å². The Bertz CT molecular complexity index is 606. The van der Waals surface area contributed by atoms with Crippen LogP contribution in [0.5, 0.6) is 0 Å². The molecule has 1 fully saturated rings. The Morgan fingerprint density at radius 1 is 1.16 bits per heavy atom. The van der Waals surface area contributed by atoms with E-state index in [9.17, 15) is 14.4 Å². The molecule has 2 amide bonds. The molecule has 1 aliphatic rings. The molecule has 6 heteroatoms. The van der Waals surface area contributed by atoms with Crippen molar-refractivity contribution in [1.82, 2.24) is 4.90 Å². The van der Waals surface area contributed by atoms with Gasteiger partial charge in [0.25, 0.3) is 0 Å². The summed E-state index contributed by atoms with van der Waals surface area (Å²) in [4.78, 5) is 37.4. The third kappa shape index (κ3) is 5.59. The van der Waals surface area contributed by atoms with E-state index in [1.54, 1.807) is 38.1 Å². The van der Waals surface area contributed by atoms with Crippen molar-refractivity contribution in [3.8, 4) is 0 Å². The first-order valence-corrected chi connectivity index (χ1v) is 8.85. The number of hydrogen-bond acceptors (Lipinski definition) is 4. The fourth-order valence-electron chi connectivity index (χ4n) is 3.16. The molecule has 1 saturated carbocycles. The van der Waals surface area contributed by atoms with Crippen LogP contribution in [0.3, 0.4) is 0 Å². The molecule has 0 atom stereocenters. The Balaban J connectivity index is 1.84. The average Bonchev–Trinajstić information content (AvgIpc) is 3.10. The van der Waals surface area contributed by atoms with Crippen LogP contribution >= 0.6 is 0 Å². The van der Waals surface area contributed by atoms with Crippen LogP contribution < -0.4 is 5.32 Å². The first-order chi connectivity index (χ1) is 12.0. The molecule has 0 unspecified atom stereocenters. The van der Waals surface area contributed by atoms with E-state index in [0.717, 1.165) is 25.7 Å². The van der Waals surface area contributed by atoms with E-state index >= 15 is 0 Å². The van der Waals surface area contributed by atoms with Crippen LogP contribution in [0.1, 0.15) is 56.3 Å². The van der Waals surface area contributed by atoms with Gasteiger partial charge < -0.3 is 15.0 Å². The van der Waals surface area contributed by atoms with E-state index in [1.165, 1.54) is 0 Å². The highest BCUT2D eigenvalue weighted by Crippen LogP contribution is 2.23. The van der Waals surface area contributed by atoms with Gasteiger partial charge in [-0.15, -0.1) is 0 Å². The molecule has 25 heavy (non-hydrogen) atoms. The topological polar surface area (TPSA) is 75.7 Å². The van der Waals surface area contributed by atoms with Crippen molar-refractivity contribution >= 4 is 23.5 Å². The van der Waals surface area contributed by atoms with Crippen molar-refractivity contribution in [3.63, 3.8) is 0 Å². The number of amides is 2. The quantitative estimate of drug-likeness (QED) is 0.770. The van der Waals surface area contributed by atoms with Gasteiger partial charge in [0, 0.05) is 31.6 Å². The van der Waals surface area contributed by atoms with Gasteiger partial charge in [0.05, 0.1) is 12.2 Å². The van der Waals surface area contributed by atoms with Gasteiger partial charge in [0.15, 0.2) is 0 Å². The summed E-state index contributed by atoms with van der Waals surface area (Å²) < 4.78 is 4.92. The normalized spacial score (nSPS) is 14.2. The molecular weight excluding hydrogens is 320 g/mol. The summed E-state index contributed by atoms with van der Waals surface area (Å²) in [5.41, 5.74) is 1.07. The summed E-state index contributed by atoms with van der Waals surface area (Å²) in [6.45, 7) is 4.07. The number of anilines is 1. The number of carbonyl (C=O) groups is 3. The second-order valence-electron chi connectivity index (χ2n) is 6.25. The Labute approximate surface area is 148 Å². The highest BCUT2D eigenvalue weighted by molar-refractivity contribution is 5.93. The monoisotopic (exact) mass is 346 g/mol. The van der Waals surface area contributed by atoms with Crippen LogP contribution in [-0.2, 0) is 14.3 Å². The average molecular weight is 346 g/mol. The third-order valence-corrected chi connectivity index (χ3v) is 4.43. The van der Waals surface area contributed by atoms with Gasteiger partial charge in [-0.3, -0.25) is 9.59 Å². The molecule has 0 bridgehead atoms. The molecule has 0 saturated heterocycles. The lowest BCUT2D eigenvalue weighted by atomic mass is 10.2. The van der Waals surface area contributed by atoms with Crippen molar-refractivity contribution in [2.45, 2.75) is 52.0 Å². The lowest BCUT2D eigenvalue weighted by Crippen LogP contribution is -2.39. The molecule has 0 aliphatic heterocycles. The van der Waals surface area contributed by atoms with Crippen LogP contribution in [0.15, 0.2) is 24.3 Å². The van der Waals surface area contributed by atoms with Crippen molar-refractivity contribution in [2.24, 2.45) is 0 Å². The molecule has 1 aliphatic carbocycles. The number of nitrogens with one attached hydrogen (secondary N) is 1. The van der Waals surface area contributed by atoms with E-state index in [2.05, 4.69) is 5.32 Å². The van der Waals surface area contributed by atoms with E-state index in [4.69, 9.17) is 4.74 Å². The summed E-state index contributed by atoms with van der Waals surface area (Å²) >= 11 is 0. The first kappa shape index (κ1) is 19.0. The second-order valence-corrected chi connectivity index (χ2v) is 6.25. The van der Waals surface area contributed by atoms with E-state index in [1.807, 2.05) is 4.90 Å². The van der Waals surface area contributed by atoms with E-state index in [0.29, 0.717) is 24.4 Å². The van der Waals surface area contributed by atoms with Crippen LogP contribution in [0, 0.1) is 0 Å². The molecule has 0 radical (unpaired) electrons. The fourth-order valence-corrected chi connectivity index (χ4v) is 3.16. The molecule has 0 spiro atoms. The predicted octanol–water partition coefficient (Wildman–Crippen LogP) is 2.98. The SMILES string of the molecule is CCOC(=O)c1ccc(NC(=O)CCN(C(C)=O)C2CCCC2)cc1. The molecule has 1 N–H and O–H groups in total. The number of benzene rings is 1. The number of hydrogen-bond donors (Lipinski definition) is 1. The number of rotatable bonds is 7.